The molecule has 0 bridgehead atoms. The number of nitrogens with two attached hydrogens (primary N) is 1. The maximum absolute atomic E-state index is 13.8. The van der Waals surface area contributed by atoms with Crippen molar-refractivity contribution in [1.29, 1.82) is 0 Å². The van der Waals surface area contributed by atoms with Crippen molar-refractivity contribution in [2.75, 3.05) is 4.31 Å². The summed E-state index contributed by atoms with van der Waals surface area (Å²) in [7, 11) is -4.33. The van der Waals surface area contributed by atoms with Gasteiger partial charge >= 0.3 is 0 Å². The fraction of sp³-hybridized carbons (Fsp3) is 0.167. The third kappa shape index (κ3) is 4.76. The highest BCUT2D eigenvalue weighted by molar-refractivity contribution is 7.93. The smallest absolute Gasteiger partial charge is 0.265 e. The Morgan fingerprint density at radius 2 is 1.52 bits per heavy atom. The first kappa shape index (κ1) is 24.8. The van der Waals surface area contributed by atoms with Crippen LogP contribution in [0.4, 0.5) is 5.69 Å². The summed E-state index contributed by atoms with van der Waals surface area (Å²) in [6, 6.07) is 16.7. The molecule has 0 heterocycles. The average molecular weight is 505 g/mol. The van der Waals surface area contributed by atoms with Crippen LogP contribution < -0.4 is 10.0 Å². The third-order valence-corrected chi connectivity index (χ3v) is 7.78. The van der Waals surface area contributed by atoms with Crippen LogP contribution in [0.5, 0.6) is 0 Å². The molecule has 0 aliphatic rings. The third-order valence-electron chi connectivity index (χ3n) is 5.21. The molecule has 0 aromatic heterocycles. The Balaban J connectivity index is 2.33. The van der Waals surface area contributed by atoms with Crippen molar-refractivity contribution in [3.8, 4) is 0 Å². The van der Waals surface area contributed by atoms with E-state index in [0.29, 0.717) is 0 Å². The molecule has 33 heavy (non-hydrogen) atoms. The maximum Gasteiger partial charge on any atom is 0.265 e. The van der Waals surface area contributed by atoms with E-state index in [4.69, 9.17) is 28.9 Å². The Kier molecular flexibility index (Phi) is 6.88. The van der Waals surface area contributed by atoms with Gasteiger partial charge in [0.25, 0.3) is 10.0 Å². The van der Waals surface area contributed by atoms with E-state index in [2.05, 4.69) is 0 Å². The second-order valence-corrected chi connectivity index (χ2v) is 10.6. The molecule has 172 valence electrons. The molecule has 0 radical (unpaired) electrons. The van der Waals surface area contributed by atoms with Gasteiger partial charge < -0.3 is 5.73 Å². The average Bonchev–Trinajstić information content (AvgIpc) is 2.74. The highest BCUT2D eigenvalue weighted by Gasteiger charge is 2.43. The number of amides is 1. The van der Waals surface area contributed by atoms with Crippen molar-refractivity contribution < 1.29 is 18.0 Å². The summed E-state index contributed by atoms with van der Waals surface area (Å²) in [5, 5.41) is 0.397. The van der Waals surface area contributed by atoms with Crippen molar-refractivity contribution in [2.24, 2.45) is 5.73 Å². The van der Waals surface area contributed by atoms with Gasteiger partial charge in [-0.15, -0.1) is 0 Å². The van der Waals surface area contributed by atoms with Crippen molar-refractivity contribution in [3.63, 3.8) is 0 Å². The number of anilines is 1. The molecule has 0 aliphatic heterocycles. The quantitative estimate of drug-likeness (QED) is 0.458. The molecular weight excluding hydrogens is 483 g/mol. The Bertz CT molecular complexity index is 1340. The van der Waals surface area contributed by atoms with Gasteiger partial charge in [0.2, 0.25) is 5.91 Å². The number of aryl methyl sites for hydroxylation is 1. The van der Waals surface area contributed by atoms with Crippen molar-refractivity contribution in [2.45, 2.75) is 31.2 Å². The Labute approximate surface area is 203 Å². The number of primary amides is 1. The van der Waals surface area contributed by atoms with Crippen LogP contribution in [0.15, 0.2) is 71.6 Å². The predicted octanol–water partition coefficient (Wildman–Crippen LogP) is 4.99. The number of rotatable bonds is 7. The molecular formula is C24H22Cl2N2O4S. The van der Waals surface area contributed by atoms with E-state index >= 15 is 0 Å². The number of carbonyl (C=O) groups excluding carboxylic acids is 2. The van der Waals surface area contributed by atoms with Crippen LogP contribution >= 0.6 is 23.2 Å². The lowest BCUT2D eigenvalue weighted by molar-refractivity contribution is -0.121. The van der Waals surface area contributed by atoms with Crippen LogP contribution in [0, 0.1) is 6.92 Å². The Morgan fingerprint density at radius 3 is 2.09 bits per heavy atom. The molecule has 6 nitrogen and oxygen atoms in total. The van der Waals surface area contributed by atoms with Crippen molar-refractivity contribution in [1.82, 2.24) is 0 Å². The van der Waals surface area contributed by atoms with E-state index in [9.17, 15) is 18.0 Å². The number of halogens is 2. The van der Waals surface area contributed by atoms with E-state index in [1.54, 1.807) is 30.3 Å². The Hall–Kier alpha value is -2.87. The first-order valence-corrected chi connectivity index (χ1v) is 12.1. The molecule has 1 amide bonds. The molecule has 3 aromatic rings. The van der Waals surface area contributed by atoms with Crippen LogP contribution in [-0.2, 0) is 14.8 Å². The van der Waals surface area contributed by atoms with E-state index < -0.39 is 27.3 Å². The van der Waals surface area contributed by atoms with E-state index in [-0.39, 0.29) is 31.8 Å². The normalized spacial score (nSPS) is 11.8. The van der Waals surface area contributed by atoms with Crippen molar-refractivity contribution >= 4 is 50.6 Å². The van der Waals surface area contributed by atoms with E-state index in [1.807, 2.05) is 6.92 Å². The standard InChI is InChI=1S/C24H22Cl2N2O4S/c1-15-8-11-17(12-9-15)33(31,32)28(24(2,3)23(27)30)21-13-10-16(25)14-19(21)22(29)18-6-4-5-7-20(18)26/h4-14H,1-3H3,(H2,27,30). The zero-order valence-electron chi connectivity index (χ0n) is 18.2. The van der Waals surface area contributed by atoms with Gasteiger partial charge in [-0.2, -0.15) is 0 Å². The van der Waals surface area contributed by atoms with Crippen LogP contribution in [-0.4, -0.2) is 25.6 Å². The summed E-state index contributed by atoms with van der Waals surface area (Å²) in [4.78, 5) is 25.8. The van der Waals surface area contributed by atoms with Gasteiger partial charge in [-0.05, 0) is 63.2 Å². The summed E-state index contributed by atoms with van der Waals surface area (Å²) >= 11 is 12.4. The summed E-state index contributed by atoms with van der Waals surface area (Å²) < 4.78 is 28.5. The highest BCUT2D eigenvalue weighted by Crippen LogP contribution is 2.37. The van der Waals surface area contributed by atoms with Crippen LogP contribution in [0.3, 0.4) is 0 Å². The first-order valence-electron chi connectivity index (χ1n) is 9.88. The molecule has 0 saturated carbocycles. The summed E-state index contributed by atoms with van der Waals surface area (Å²) in [6.45, 7) is 4.57. The topological polar surface area (TPSA) is 97.5 Å². The van der Waals surface area contributed by atoms with Crippen LogP contribution in [0.25, 0.3) is 0 Å². The molecule has 3 rings (SSSR count). The molecule has 0 fully saturated rings. The molecule has 0 atom stereocenters. The molecule has 0 saturated heterocycles. The number of carbonyl (C=O) groups is 2. The van der Waals surface area contributed by atoms with Crippen LogP contribution in [0.1, 0.15) is 35.3 Å². The fourth-order valence-corrected chi connectivity index (χ4v) is 5.50. The second kappa shape index (κ2) is 9.17. The lowest BCUT2D eigenvalue weighted by Crippen LogP contribution is -2.56. The molecule has 0 aliphatic carbocycles. The van der Waals surface area contributed by atoms with E-state index in [1.165, 1.54) is 50.2 Å². The highest BCUT2D eigenvalue weighted by atomic mass is 35.5. The maximum atomic E-state index is 13.8. The number of sulfonamides is 1. The summed E-state index contributed by atoms with van der Waals surface area (Å²) in [6.07, 6.45) is 0. The van der Waals surface area contributed by atoms with Gasteiger partial charge in [-0.3, -0.25) is 13.9 Å². The van der Waals surface area contributed by atoms with Crippen LogP contribution in [0.2, 0.25) is 10.0 Å². The molecule has 9 heteroatoms. The molecule has 3 aromatic carbocycles. The predicted molar refractivity (Wildman–Crippen MR) is 130 cm³/mol. The molecule has 2 N–H and O–H groups in total. The van der Waals surface area contributed by atoms with Gasteiger partial charge in [0.15, 0.2) is 5.78 Å². The zero-order valence-corrected chi connectivity index (χ0v) is 20.5. The SMILES string of the molecule is Cc1ccc(S(=O)(=O)N(c2ccc(Cl)cc2C(=O)c2ccccc2Cl)C(C)(C)C(N)=O)cc1. The minimum Gasteiger partial charge on any atom is -0.368 e. The van der Waals surface area contributed by atoms with Gasteiger partial charge in [-0.25, -0.2) is 8.42 Å². The second-order valence-electron chi connectivity index (χ2n) is 7.98. The Morgan fingerprint density at radius 1 is 0.909 bits per heavy atom. The van der Waals surface area contributed by atoms with Gasteiger partial charge in [0, 0.05) is 16.1 Å². The van der Waals surface area contributed by atoms with Gasteiger partial charge in [-0.1, -0.05) is 53.0 Å². The minimum atomic E-state index is -4.33. The first-order chi connectivity index (χ1) is 15.4. The number of ketones is 1. The van der Waals surface area contributed by atoms with Gasteiger partial charge in [0.1, 0.15) is 5.54 Å². The fourth-order valence-electron chi connectivity index (χ4n) is 3.30. The van der Waals surface area contributed by atoms with Crippen molar-refractivity contribution in [3.05, 3.63) is 93.5 Å². The number of hydrogen-bond acceptors (Lipinski definition) is 4. The summed E-state index contributed by atoms with van der Waals surface area (Å²) in [5.74, 6) is -1.45. The zero-order chi connectivity index (χ0) is 24.6. The monoisotopic (exact) mass is 504 g/mol. The lowest BCUT2D eigenvalue weighted by atomic mass is 9.98. The molecule has 0 unspecified atom stereocenters. The molecule has 0 spiro atoms. The largest absolute Gasteiger partial charge is 0.368 e. The lowest BCUT2D eigenvalue weighted by Gasteiger charge is -2.37. The number of nitrogens with zero attached hydrogens (tertiary/aromatic N) is 1. The van der Waals surface area contributed by atoms with E-state index in [0.717, 1.165) is 9.87 Å². The number of benzene rings is 3. The summed E-state index contributed by atoms with van der Waals surface area (Å²) in [5.41, 5.74) is 4.82. The number of hydrogen-bond donors (Lipinski definition) is 1. The minimum absolute atomic E-state index is 0.0411. The van der Waals surface area contributed by atoms with Gasteiger partial charge in [0.05, 0.1) is 15.6 Å².